The lowest BCUT2D eigenvalue weighted by Gasteiger charge is -2.08. The highest BCUT2D eigenvalue weighted by atomic mass is 32.2. The summed E-state index contributed by atoms with van der Waals surface area (Å²) in [4.78, 5) is 1.31. The third kappa shape index (κ3) is 4.32. The van der Waals surface area contributed by atoms with Crippen molar-refractivity contribution in [3.05, 3.63) is 59.7 Å². The second-order valence-corrected chi connectivity index (χ2v) is 5.53. The van der Waals surface area contributed by atoms with Crippen LogP contribution in [0, 0.1) is 0 Å². The minimum absolute atomic E-state index is 0.877. The van der Waals surface area contributed by atoms with Crippen LogP contribution < -0.4 is 5.32 Å². The predicted molar refractivity (Wildman–Crippen MR) is 86.0 cm³/mol. The molecule has 100 valence electrons. The first kappa shape index (κ1) is 14.0. The SMILES string of the molecule is CCCc1ccc(NCc2ccc(SC)cc2)cc1. The van der Waals surface area contributed by atoms with E-state index in [0.717, 1.165) is 13.0 Å². The van der Waals surface area contributed by atoms with E-state index in [0.29, 0.717) is 0 Å². The third-order valence-electron chi connectivity index (χ3n) is 3.15. The van der Waals surface area contributed by atoms with E-state index in [2.05, 4.69) is 67.0 Å². The van der Waals surface area contributed by atoms with Gasteiger partial charge in [-0.25, -0.2) is 0 Å². The fraction of sp³-hybridized carbons (Fsp3) is 0.294. The van der Waals surface area contributed by atoms with Crippen LogP contribution in [0.25, 0.3) is 0 Å². The van der Waals surface area contributed by atoms with Crippen LogP contribution in [0.5, 0.6) is 0 Å². The van der Waals surface area contributed by atoms with Crippen molar-refractivity contribution in [2.24, 2.45) is 0 Å². The van der Waals surface area contributed by atoms with Crippen LogP contribution >= 0.6 is 11.8 Å². The van der Waals surface area contributed by atoms with Crippen LogP contribution in [0.1, 0.15) is 24.5 Å². The summed E-state index contributed by atoms with van der Waals surface area (Å²) in [5, 5.41) is 3.46. The molecule has 0 aliphatic rings. The molecule has 0 aliphatic heterocycles. The molecule has 0 radical (unpaired) electrons. The molecule has 0 unspecified atom stereocenters. The lowest BCUT2D eigenvalue weighted by molar-refractivity contribution is 0.922. The summed E-state index contributed by atoms with van der Waals surface area (Å²) in [6.45, 7) is 3.09. The molecule has 0 bridgehead atoms. The van der Waals surface area contributed by atoms with Gasteiger partial charge in [0, 0.05) is 17.1 Å². The molecule has 1 N–H and O–H groups in total. The Morgan fingerprint density at radius 3 is 2.11 bits per heavy atom. The van der Waals surface area contributed by atoms with Crippen LogP contribution in [0.15, 0.2) is 53.4 Å². The Morgan fingerprint density at radius 1 is 0.895 bits per heavy atom. The quantitative estimate of drug-likeness (QED) is 0.744. The maximum atomic E-state index is 3.46. The second kappa shape index (κ2) is 7.25. The fourth-order valence-electron chi connectivity index (χ4n) is 2.03. The van der Waals surface area contributed by atoms with Crippen LogP contribution in [-0.4, -0.2) is 6.26 Å². The van der Waals surface area contributed by atoms with Gasteiger partial charge < -0.3 is 5.32 Å². The number of thioether (sulfide) groups is 1. The maximum absolute atomic E-state index is 3.46. The highest BCUT2D eigenvalue weighted by Gasteiger charge is 1.96. The molecule has 0 aliphatic carbocycles. The number of benzene rings is 2. The van der Waals surface area contributed by atoms with Gasteiger partial charge in [0.25, 0.3) is 0 Å². The highest BCUT2D eigenvalue weighted by Crippen LogP contribution is 2.16. The van der Waals surface area contributed by atoms with Crippen LogP contribution in [0.3, 0.4) is 0 Å². The van der Waals surface area contributed by atoms with Crippen molar-refractivity contribution >= 4 is 17.4 Å². The number of hydrogen-bond donors (Lipinski definition) is 1. The Kier molecular flexibility index (Phi) is 5.34. The summed E-state index contributed by atoms with van der Waals surface area (Å²) in [6.07, 6.45) is 4.47. The van der Waals surface area contributed by atoms with Gasteiger partial charge >= 0.3 is 0 Å². The standard InChI is InChI=1S/C17H21NS/c1-3-4-14-5-9-16(10-6-14)18-13-15-7-11-17(19-2)12-8-15/h5-12,18H,3-4,13H2,1-2H3. The van der Waals surface area contributed by atoms with E-state index in [1.807, 2.05) is 0 Å². The first-order chi connectivity index (χ1) is 9.31. The first-order valence-electron chi connectivity index (χ1n) is 6.77. The molecule has 2 heteroatoms. The van der Waals surface area contributed by atoms with Crippen molar-refractivity contribution in [3.8, 4) is 0 Å². The molecule has 1 nitrogen and oxygen atoms in total. The molecule has 0 spiro atoms. The molecule has 0 saturated carbocycles. The number of hydrogen-bond acceptors (Lipinski definition) is 2. The molecule has 2 rings (SSSR count). The van der Waals surface area contributed by atoms with Gasteiger partial charge in [0.2, 0.25) is 0 Å². The summed E-state index contributed by atoms with van der Waals surface area (Å²) in [5.74, 6) is 0. The highest BCUT2D eigenvalue weighted by molar-refractivity contribution is 7.98. The Labute approximate surface area is 120 Å². The van der Waals surface area contributed by atoms with Crippen LogP contribution in [0.2, 0.25) is 0 Å². The molecule has 0 atom stereocenters. The average molecular weight is 271 g/mol. The van der Waals surface area contributed by atoms with Crippen molar-refractivity contribution in [3.63, 3.8) is 0 Å². The summed E-state index contributed by atoms with van der Waals surface area (Å²) in [6, 6.07) is 17.5. The summed E-state index contributed by atoms with van der Waals surface area (Å²) >= 11 is 1.78. The van der Waals surface area contributed by atoms with Gasteiger partial charge in [0.1, 0.15) is 0 Å². The Balaban J connectivity index is 1.90. The summed E-state index contributed by atoms with van der Waals surface area (Å²) in [5.41, 5.74) is 3.92. The minimum atomic E-state index is 0.877. The van der Waals surface area contributed by atoms with E-state index < -0.39 is 0 Å². The Bertz CT molecular complexity index is 488. The molecule has 0 aromatic heterocycles. The lowest BCUT2D eigenvalue weighted by atomic mass is 10.1. The van der Waals surface area contributed by atoms with E-state index in [9.17, 15) is 0 Å². The molecule has 0 saturated heterocycles. The van der Waals surface area contributed by atoms with Gasteiger partial charge in [0.05, 0.1) is 0 Å². The van der Waals surface area contributed by atoms with Gasteiger partial charge in [-0.3, -0.25) is 0 Å². The van der Waals surface area contributed by atoms with E-state index >= 15 is 0 Å². The van der Waals surface area contributed by atoms with E-state index in [1.54, 1.807) is 11.8 Å². The second-order valence-electron chi connectivity index (χ2n) is 4.65. The minimum Gasteiger partial charge on any atom is -0.381 e. The van der Waals surface area contributed by atoms with Gasteiger partial charge in [-0.2, -0.15) is 0 Å². The number of nitrogens with one attached hydrogen (secondary N) is 1. The lowest BCUT2D eigenvalue weighted by Crippen LogP contribution is -1.99. The van der Waals surface area contributed by atoms with Gasteiger partial charge in [-0.05, 0) is 48.1 Å². The third-order valence-corrected chi connectivity index (χ3v) is 3.89. The topological polar surface area (TPSA) is 12.0 Å². The van der Waals surface area contributed by atoms with Crippen molar-refractivity contribution in [1.82, 2.24) is 0 Å². The van der Waals surface area contributed by atoms with Crippen molar-refractivity contribution < 1.29 is 0 Å². The normalized spacial score (nSPS) is 10.4. The summed E-state index contributed by atoms with van der Waals surface area (Å²) in [7, 11) is 0. The zero-order valence-corrected chi connectivity index (χ0v) is 12.5. The average Bonchev–Trinajstić information content (AvgIpc) is 2.47. The fourth-order valence-corrected chi connectivity index (χ4v) is 2.43. The van der Waals surface area contributed by atoms with E-state index in [1.165, 1.54) is 28.1 Å². The van der Waals surface area contributed by atoms with Crippen molar-refractivity contribution in [2.75, 3.05) is 11.6 Å². The molecular formula is C17H21NS. The van der Waals surface area contributed by atoms with E-state index in [-0.39, 0.29) is 0 Å². The molecule has 0 amide bonds. The Hall–Kier alpha value is -1.41. The molecule has 2 aromatic carbocycles. The predicted octanol–water partition coefficient (Wildman–Crippen LogP) is 4.97. The monoisotopic (exact) mass is 271 g/mol. The van der Waals surface area contributed by atoms with Gasteiger partial charge in [-0.1, -0.05) is 37.6 Å². The van der Waals surface area contributed by atoms with Crippen LogP contribution in [0.4, 0.5) is 5.69 Å². The largest absolute Gasteiger partial charge is 0.381 e. The smallest absolute Gasteiger partial charge is 0.0400 e. The molecule has 0 heterocycles. The van der Waals surface area contributed by atoms with Crippen molar-refractivity contribution in [2.45, 2.75) is 31.2 Å². The molecular weight excluding hydrogens is 250 g/mol. The number of anilines is 1. The first-order valence-corrected chi connectivity index (χ1v) is 8.00. The van der Waals surface area contributed by atoms with Gasteiger partial charge in [-0.15, -0.1) is 11.8 Å². The molecule has 0 fully saturated rings. The maximum Gasteiger partial charge on any atom is 0.0400 e. The molecule has 2 aromatic rings. The summed E-state index contributed by atoms with van der Waals surface area (Å²) < 4.78 is 0. The molecule has 19 heavy (non-hydrogen) atoms. The number of rotatable bonds is 6. The number of aryl methyl sites for hydroxylation is 1. The van der Waals surface area contributed by atoms with Gasteiger partial charge in [0.15, 0.2) is 0 Å². The zero-order chi connectivity index (χ0) is 13.5. The Morgan fingerprint density at radius 2 is 1.53 bits per heavy atom. The van der Waals surface area contributed by atoms with Crippen LogP contribution in [-0.2, 0) is 13.0 Å². The van der Waals surface area contributed by atoms with Crippen molar-refractivity contribution in [1.29, 1.82) is 0 Å². The zero-order valence-electron chi connectivity index (χ0n) is 11.6. The van der Waals surface area contributed by atoms with E-state index in [4.69, 9.17) is 0 Å².